The standard InChI is InChI=1S/C24H32N6O/c1-19-28-29-23(30(19)2)18-27-24(26-16-17-31-3)25-15-14-22(20-10-6-4-7-11-20)21-12-8-5-9-13-21/h4-13,22H,14-18H2,1-3H3,(H2,25,26,27). The molecule has 0 aliphatic rings. The Morgan fingerprint density at radius 3 is 2.13 bits per heavy atom. The minimum Gasteiger partial charge on any atom is -0.383 e. The van der Waals surface area contributed by atoms with E-state index in [0.29, 0.717) is 25.6 Å². The first kappa shape index (κ1) is 22.5. The van der Waals surface area contributed by atoms with Gasteiger partial charge in [-0.05, 0) is 24.5 Å². The number of hydrogen-bond acceptors (Lipinski definition) is 4. The van der Waals surface area contributed by atoms with Crippen LogP contribution in [-0.4, -0.2) is 47.5 Å². The van der Waals surface area contributed by atoms with Crippen molar-refractivity contribution in [2.24, 2.45) is 12.0 Å². The van der Waals surface area contributed by atoms with Crippen molar-refractivity contribution in [3.8, 4) is 0 Å². The summed E-state index contributed by atoms with van der Waals surface area (Å²) in [5.41, 5.74) is 2.63. The Balaban J connectivity index is 1.67. The molecule has 0 saturated heterocycles. The van der Waals surface area contributed by atoms with Gasteiger partial charge < -0.3 is 19.9 Å². The molecule has 0 aliphatic carbocycles. The second-order valence-corrected chi connectivity index (χ2v) is 7.40. The Kier molecular flexibility index (Phi) is 8.60. The molecule has 1 heterocycles. The molecule has 0 atom stereocenters. The molecule has 7 heteroatoms. The molecule has 0 saturated carbocycles. The van der Waals surface area contributed by atoms with E-state index < -0.39 is 0 Å². The quantitative estimate of drug-likeness (QED) is 0.300. The number of hydrogen-bond donors (Lipinski definition) is 2. The van der Waals surface area contributed by atoms with Crippen LogP contribution in [0.3, 0.4) is 0 Å². The van der Waals surface area contributed by atoms with E-state index in [1.807, 2.05) is 18.5 Å². The zero-order valence-corrected chi connectivity index (χ0v) is 18.6. The van der Waals surface area contributed by atoms with Crippen LogP contribution in [-0.2, 0) is 18.3 Å². The van der Waals surface area contributed by atoms with Crippen molar-refractivity contribution < 1.29 is 4.74 Å². The molecule has 0 unspecified atom stereocenters. The van der Waals surface area contributed by atoms with Gasteiger partial charge in [0, 0.05) is 33.2 Å². The number of benzene rings is 2. The SMILES string of the molecule is COCCNC(=NCc1nnc(C)n1C)NCCC(c1ccccc1)c1ccccc1. The Labute approximate surface area is 184 Å². The van der Waals surface area contributed by atoms with Crippen molar-refractivity contribution in [1.29, 1.82) is 0 Å². The Hall–Kier alpha value is -3.19. The number of aliphatic imine (C=N–C) groups is 1. The number of aryl methyl sites for hydroxylation is 1. The van der Waals surface area contributed by atoms with Gasteiger partial charge in [-0.1, -0.05) is 60.7 Å². The van der Waals surface area contributed by atoms with Crippen molar-refractivity contribution in [2.45, 2.75) is 25.8 Å². The molecule has 0 bridgehead atoms. The average Bonchev–Trinajstić information content (AvgIpc) is 3.13. The van der Waals surface area contributed by atoms with Gasteiger partial charge in [-0.25, -0.2) is 4.99 Å². The maximum Gasteiger partial charge on any atom is 0.191 e. The summed E-state index contributed by atoms with van der Waals surface area (Å²) in [7, 11) is 3.65. The highest BCUT2D eigenvalue weighted by atomic mass is 16.5. The molecule has 2 aromatic carbocycles. The van der Waals surface area contributed by atoms with Crippen molar-refractivity contribution in [1.82, 2.24) is 25.4 Å². The molecular formula is C24H32N6O. The summed E-state index contributed by atoms with van der Waals surface area (Å²) >= 11 is 0. The van der Waals surface area contributed by atoms with E-state index in [0.717, 1.165) is 30.6 Å². The number of rotatable bonds is 10. The average molecular weight is 421 g/mol. The van der Waals surface area contributed by atoms with Gasteiger partial charge in [0.05, 0.1) is 6.61 Å². The van der Waals surface area contributed by atoms with Crippen LogP contribution < -0.4 is 10.6 Å². The third-order valence-corrected chi connectivity index (χ3v) is 5.29. The molecule has 2 N–H and O–H groups in total. The van der Waals surface area contributed by atoms with E-state index in [1.54, 1.807) is 7.11 Å². The van der Waals surface area contributed by atoms with Gasteiger partial charge in [0.1, 0.15) is 12.4 Å². The van der Waals surface area contributed by atoms with E-state index in [1.165, 1.54) is 11.1 Å². The van der Waals surface area contributed by atoms with Gasteiger partial charge in [0.25, 0.3) is 0 Å². The summed E-state index contributed by atoms with van der Waals surface area (Å²) in [5, 5.41) is 15.1. The molecular weight excluding hydrogens is 388 g/mol. The van der Waals surface area contributed by atoms with Gasteiger partial charge in [0.15, 0.2) is 11.8 Å². The van der Waals surface area contributed by atoms with Crippen molar-refractivity contribution >= 4 is 5.96 Å². The highest BCUT2D eigenvalue weighted by Crippen LogP contribution is 2.27. The monoisotopic (exact) mass is 420 g/mol. The molecule has 164 valence electrons. The molecule has 0 spiro atoms. The largest absolute Gasteiger partial charge is 0.383 e. The third-order valence-electron chi connectivity index (χ3n) is 5.29. The molecule has 7 nitrogen and oxygen atoms in total. The number of ether oxygens (including phenoxy) is 1. The molecule has 1 aromatic heterocycles. The van der Waals surface area contributed by atoms with Gasteiger partial charge in [-0.3, -0.25) is 0 Å². The molecule has 0 radical (unpaired) electrons. The first-order valence-corrected chi connectivity index (χ1v) is 10.6. The lowest BCUT2D eigenvalue weighted by molar-refractivity contribution is 0.203. The lowest BCUT2D eigenvalue weighted by Crippen LogP contribution is -2.40. The van der Waals surface area contributed by atoms with Gasteiger partial charge in [-0.15, -0.1) is 10.2 Å². The highest BCUT2D eigenvalue weighted by molar-refractivity contribution is 5.79. The summed E-state index contributed by atoms with van der Waals surface area (Å²) in [6.07, 6.45) is 0.947. The lowest BCUT2D eigenvalue weighted by atomic mass is 9.88. The van der Waals surface area contributed by atoms with E-state index in [4.69, 9.17) is 9.73 Å². The molecule has 3 rings (SSSR count). The van der Waals surface area contributed by atoms with Crippen molar-refractivity contribution in [3.63, 3.8) is 0 Å². The predicted molar refractivity (Wildman–Crippen MR) is 124 cm³/mol. The summed E-state index contributed by atoms with van der Waals surface area (Å²) in [4.78, 5) is 4.70. The zero-order valence-electron chi connectivity index (χ0n) is 18.6. The summed E-state index contributed by atoms with van der Waals surface area (Å²) in [5.74, 6) is 2.77. The van der Waals surface area contributed by atoms with Crippen LogP contribution >= 0.6 is 0 Å². The predicted octanol–water partition coefficient (Wildman–Crippen LogP) is 3.03. The maximum absolute atomic E-state index is 5.16. The maximum atomic E-state index is 5.16. The van der Waals surface area contributed by atoms with Crippen LogP contribution in [0.1, 0.15) is 35.1 Å². The molecule has 0 aliphatic heterocycles. The van der Waals surface area contributed by atoms with E-state index >= 15 is 0 Å². The zero-order chi connectivity index (χ0) is 21.9. The highest BCUT2D eigenvalue weighted by Gasteiger charge is 2.14. The Morgan fingerprint density at radius 2 is 1.58 bits per heavy atom. The molecule has 31 heavy (non-hydrogen) atoms. The van der Waals surface area contributed by atoms with Crippen LogP contribution in [0.2, 0.25) is 0 Å². The number of methoxy groups -OCH3 is 1. The topological polar surface area (TPSA) is 76.4 Å². The van der Waals surface area contributed by atoms with Gasteiger partial charge in [-0.2, -0.15) is 0 Å². The van der Waals surface area contributed by atoms with Crippen LogP contribution in [0, 0.1) is 6.92 Å². The fourth-order valence-corrected chi connectivity index (χ4v) is 3.42. The van der Waals surface area contributed by atoms with E-state index in [-0.39, 0.29) is 0 Å². The minimum absolute atomic E-state index is 0.316. The first-order chi connectivity index (χ1) is 15.2. The number of nitrogens with one attached hydrogen (secondary N) is 2. The first-order valence-electron chi connectivity index (χ1n) is 10.6. The Bertz CT molecular complexity index is 900. The van der Waals surface area contributed by atoms with E-state index in [2.05, 4.69) is 81.5 Å². The van der Waals surface area contributed by atoms with Crippen molar-refractivity contribution in [2.75, 3.05) is 26.8 Å². The lowest BCUT2D eigenvalue weighted by Gasteiger charge is -2.19. The number of aromatic nitrogens is 3. The van der Waals surface area contributed by atoms with Crippen LogP contribution in [0.4, 0.5) is 0 Å². The summed E-state index contributed by atoms with van der Waals surface area (Å²) in [6.45, 7) is 4.47. The van der Waals surface area contributed by atoms with Gasteiger partial charge >= 0.3 is 0 Å². The summed E-state index contributed by atoms with van der Waals surface area (Å²) in [6, 6.07) is 21.3. The molecule has 0 amide bonds. The molecule has 3 aromatic rings. The second-order valence-electron chi connectivity index (χ2n) is 7.40. The smallest absolute Gasteiger partial charge is 0.191 e. The van der Waals surface area contributed by atoms with Crippen LogP contribution in [0.25, 0.3) is 0 Å². The number of nitrogens with zero attached hydrogens (tertiary/aromatic N) is 4. The minimum atomic E-state index is 0.316. The van der Waals surface area contributed by atoms with Crippen LogP contribution in [0.15, 0.2) is 65.7 Å². The van der Waals surface area contributed by atoms with Crippen LogP contribution in [0.5, 0.6) is 0 Å². The fourth-order valence-electron chi connectivity index (χ4n) is 3.42. The van der Waals surface area contributed by atoms with Crippen molar-refractivity contribution in [3.05, 3.63) is 83.4 Å². The normalized spacial score (nSPS) is 11.7. The third kappa shape index (κ3) is 6.65. The van der Waals surface area contributed by atoms with E-state index in [9.17, 15) is 0 Å². The molecule has 0 fully saturated rings. The van der Waals surface area contributed by atoms with Gasteiger partial charge in [0.2, 0.25) is 0 Å². The number of guanidine groups is 1. The summed E-state index contributed by atoms with van der Waals surface area (Å²) < 4.78 is 7.12. The second kappa shape index (κ2) is 11.9. The Morgan fingerprint density at radius 1 is 0.968 bits per heavy atom. The fraction of sp³-hybridized carbons (Fsp3) is 0.375.